The molecule has 1 N–H and O–H groups in total. The summed E-state index contributed by atoms with van der Waals surface area (Å²) >= 11 is 0. The van der Waals surface area contributed by atoms with Gasteiger partial charge in [0.25, 0.3) is 0 Å². The van der Waals surface area contributed by atoms with Gasteiger partial charge in [0.1, 0.15) is 0 Å². The molecule has 0 aromatic heterocycles. The van der Waals surface area contributed by atoms with Crippen LogP contribution in [0.15, 0.2) is 0 Å². The van der Waals surface area contributed by atoms with Crippen LogP contribution in [-0.2, 0) is 0 Å². The molecule has 2 heterocycles. The molecule has 2 aliphatic heterocycles. The van der Waals surface area contributed by atoms with E-state index < -0.39 is 0 Å². The second kappa shape index (κ2) is 5.28. The highest BCUT2D eigenvalue weighted by molar-refractivity contribution is 4.80. The second-order valence-corrected chi connectivity index (χ2v) is 5.29. The molecular weight excluding hydrogens is 186 g/mol. The van der Waals surface area contributed by atoms with Crippen LogP contribution in [0.5, 0.6) is 0 Å². The van der Waals surface area contributed by atoms with Crippen LogP contribution in [-0.4, -0.2) is 62.2 Å². The Morgan fingerprint density at radius 2 is 1.93 bits per heavy atom. The number of piperazine rings is 1. The molecule has 0 radical (unpaired) electrons. The Balaban J connectivity index is 1.75. The van der Waals surface area contributed by atoms with Crippen LogP contribution in [0.25, 0.3) is 0 Å². The number of nitrogens with one attached hydrogen (secondary N) is 1. The maximum atomic E-state index is 3.46. The van der Waals surface area contributed by atoms with Crippen LogP contribution in [0, 0.1) is 5.92 Å². The molecule has 0 aromatic rings. The van der Waals surface area contributed by atoms with E-state index in [2.05, 4.69) is 29.1 Å². The molecule has 0 spiro atoms. The molecule has 3 nitrogen and oxygen atoms in total. The Kier molecular flexibility index (Phi) is 4.00. The number of nitrogens with zero attached hydrogens (tertiary/aromatic N) is 2. The van der Waals surface area contributed by atoms with Gasteiger partial charge in [0.15, 0.2) is 0 Å². The van der Waals surface area contributed by atoms with Crippen molar-refractivity contribution < 1.29 is 0 Å². The summed E-state index contributed by atoms with van der Waals surface area (Å²) in [5.74, 6) is 0.946. The van der Waals surface area contributed by atoms with Crippen LogP contribution in [0.1, 0.15) is 19.8 Å². The molecule has 0 bridgehead atoms. The minimum absolute atomic E-state index is 0.735. The number of hydrogen-bond donors (Lipinski definition) is 1. The van der Waals surface area contributed by atoms with E-state index in [0.717, 1.165) is 12.0 Å². The highest BCUT2D eigenvalue weighted by atomic mass is 15.2. The zero-order valence-corrected chi connectivity index (χ0v) is 10.2. The van der Waals surface area contributed by atoms with E-state index in [9.17, 15) is 0 Å². The van der Waals surface area contributed by atoms with Gasteiger partial charge in [0, 0.05) is 32.2 Å². The molecule has 3 heteroatoms. The third kappa shape index (κ3) is 3.16. The molecule has 2 rings (SSSR count). The fourth-order valence-corrected chi connectivity index (χ4v) is 2.73. The van der Waals surface area contributed by atoms with E-state index in [1.165, 1.54) is 52.1 Å². The molecule has 88 valence electrons. The molecule has 2 aliphatic rings. The highest BCUT2D eigenvalue weighted by Crippen LogP contribution is 2.18. The van der Waals surface area contributed by atoms with Crippen molar-refractivity contribution in [3.63, 3.8) is 0 Å². The van der Waals surface area contributed by atoms with Crippen LogP contribution in [0.4, 0.5) is 0 Å². The van der Waals surface area contributed by atoms with Crippen molar-refractivity contribution in [1.82, 2.24) is 15.1 Å². The average molecular weight is 211 g/mol. The van der Waals surface area contributed by atoms with Gasteiger partial charge in [0.05, 0.1) is 0 Å². The molecule has 1 atom stereocenters. The first-order chi connectivity index (χ1) is 7.25. The van der Waals surface area contributed by atoms with E-state index in [-0.39, 0.29) is 0 Å². The molecule has 0 aliphatic carbocycles. The SMILES string of the molecule is C[C@H]1CNCCN1CC1CCN(C)CC1. The van der Waals surface area contributed by atoms with Gasteiger partial charge in [-0.05, 0) is 45.8 Å². The summed E-state index contributed by atoms with van der Waals surface area (Å²) in [5.41, 5.74) is 0. The van der Waals surface area contributed by atoms with Crippen LogP contribution in [0.2, 0.25) is 0 Å². The van der Waals surface area contributed by atoms with Gasteiger partial charge in [0.2, 0.25) is 0 Å². The molecule has 0 saturated carbocycles. The van der Waals surface area contributed by atoms with Crippen molar-refractivity contribution >= 4 is 0 Å². The first-order valence-electron chi connectivity index (χ1n) is 6.39. The minimum Gasteiger partial charge on any atom is -0.314 e. The quantitative estimate of drug-likeness (QED) is 0.722. The largest absolute Gasteiger partial charge is 0.314 e. The summed E-state index contributed by atoms with van der Waals surface area (Å²) in [5, 5.41) is 3.46. The Bertz CT molecular complexity index is 187. The molecule has 15 heavy (non-hydrogen) atoms. The summed E-state index contributed by atoms with van der Waals surface area (Å²) in [6, 6.07) is 0.735. The lowest BCUT2D eigenvalue weighted by Gasteiger charge is -2.38. The first kappa shape index (κ1) is 11.4. The third-order valence-corrected chi connectivity index (χ3v) is 3.97. The predicted molar refractivity (Wildman–Crippen MR) is 64.1 cm³/mol. The molecule has 0 amide bonds. The van der Waals surface area contributed by atoms with E-state index in [1.807, 2.05) is 0 Å². The van der Waals surface area contributed by atoms with Crippen LogP contribution >= 0.6 is 0 Å². The monoisotopic (exact) mass is 211 g/mol. The zero-order valence-electron chi connectivity index (χ0n) is 10.2. The van der Waals surface area contributed by atoms with Crippen molar-refractivity contribution in [2.24, 2.45) is 5.92 Å². The normalized spacial score (nSPS) is 32.0. The van der Waals surface area contributed by atoms with E-state index in [0.29, 0.717) is 0 Å². The lowest BCUT2D eigenvalue weighted by Crippen LogP contribution is -2.51. The standard InChI is InChI=1S/C12H25N3/c1-11-9-13-5-8-15(11)10-12-3-6-14(2)7-4-12/h11-13H,3-10H2,1-2H3/t11-/m0/s1. The van der Waals surface area contributed by atoms with Crippen molar-refractivity contribution in [3.05, 3.63) is 0 Å². The fraction of sp³-hybridized carbons (Fsp3) is 1.00. The fourth-order valence-electron chi connectivity index (χ4n) is 2.73. The van der Waals surface area contributed by atoms with Crippen LogP contribution in [0.3, 0.4) is 0 Å². The zero-order chi connectivity index (χ0) is 10.7. The van der Waals surface area contributed by atoms with E-state index >= 15 is 0 Å². The summed E-state index contributed by atoms with van der Waals surface area (Å²) in [4.78, 5) is 5.13. The summed E-state index contributed by atoms with van der Waals surface area (Å²) in [7, 11) is 2.24. The minimum atomic E-state index is 0.735. The van der Waals surface area contributed by atoms with Gasteiger partial charge >= 0.3 is 0 Å². The Hall–Kier alpha value is -0.120. The Morgan fingerprint density at radius 1 is 1.20 bits per heavy atom. The topological polar surface area (TPSA) is 18.5 Å². The lowest BCUT2D eigenvalue weighted by molar-refractivity contribution is 0.116. The maximum absolute atomic E-state index is 3.46. The molecule has 2 fully saturated rings. The maximum Gasteiger partial charge on any atom is 0.0193 e. The Labute approximate surface area is 93.8 Å². The van der Waals surface area contributed by atoms with Crippen molar-refractivity contribution in [1.29, 1.82) is 0 Å². The number of rotatable bonds is 2. The van der Waals surface area contributed by atoms with Gasteiger partial charge in [-0.25, -0.2) is 0 Å². The number of piperidine rings is 1. The second-order valence-electron chi connectivity index (χ2n) is 5.29. The van der Waals surface area contributed by atoms with Gasteiger partial charge in [-0.2, -0.15) is 0 Å². The van der Waals surface area contributed by atoms with E-state index in [1.54, 1.807) is 0 Å². The number of hydrogen-bond acceptors (Lipinski definition) is 3. The molecular formula is C12H25N3. The first-order valence-corrected chi connectivity index (χ1v) is 6.39. The van der Waals surface area contributed by atoms with E-state index in [4.69, 9.17) is 0 Å². The number of likely N-dealkylation sites (tertiary alicyclic amines) is 1. The lowest BCUT2D eigenvalue weighted by atomic mass is 9.95. The molecule has 0 aromatic carbocycles. The van der Waals surface area contributed by atoms with Crippen LogP contribution < -0.4 is 5.32 Å². The van der Waals surface area contributed by atoms with Gasteiger partial charge in [-0.15, -0.1) is 0 Å². The Morgan fingerprint density at radius 3 is 2.60 bits per heavy atom. The van der Waals surface area contributed by atoms with Crippen molar-refractivity contribution in [3.8, 4) is 0 Å². The summed E-state index contributed by atoms with van der Waals surface area (Å²) < 4.78 is 0. The van der Waals surface area contributed by atoms with Crippen molar-refractivity contribution in [2.75, 3.05) is 46.3 Å². The predicted octanol–water partition coefficient (Wildman–Crippen LogP) is 0.622. The van der Waals surface area contributed by atoms with Gasteiger partial charge in [-0.3, -0.25) is 4.90 Å². The average Bonchev–Trinajstić information content (AvgIpc) is 2.25. The molecule has 0 unspecified atom stereocenters. The van der Waals surface area contributed by atoms with Gasteiger partial charge < -0.3 is 10.2 Å². The smallest absolute Gasteiger partial charge is 0.0193 e. The van der Waals surface area contributed by atoms with Gasteiger partial charge in [-0.1, -0.05) is 0 Å². The summed E-state index contributed by atoms with van der Waals surface area (Å²) in [6.07, 6.45) is 2.79. The third-order valence-electron chi connectivity index (χ3n) is 3.97. The highest BCUT2D eigenvalue weighted by Gasteiger charge is 2.23. The summed E-state index contributed by atoms with van der Waals surface area (Å²) in [6.45, 7) is 9.87. The molecule has 2 saturated heterocycles. The van der Waals surface area contributed by atoms with Crippen molar-refractivity contribution in [2.45, 2.75) is 25.8 Å².